The molecule has 0 spiro atoms. The molecule has 3 aromatic heterocycles. The lowest BCUT2D eigenvalue weighted by Gasteiger charge is -2.41. The maximum absolute atomic E-state index is 17.1. The number of fused-ring (bicyclic) bond motifs is 6. The molecule has 0 aliphatic carbocycles. The summed E-state index contributed by atoms with van der Waals surface area (Å²) in [6.45, 7) is 12.4. The molecule has 7 aromatic rings. The molecule has 492 valence electrons. The molecule has 5 saturated heterocycles. The number of carbonyl (C=O) groups is 1. The molecular formula is C71H86Cl2FN13O5S. The third-order valence-electron chi connectivity index (χ3n) is 20.6. The van der Waals surface area contributed by atoms with E-state index in [4.69, 9.17) is 52.6 Å². The standard InChI is InChI=1S/C71H86Cl2FN13O5S/c1-6-83(33-15-40-93(89,90)41-39-81(4)67-55-42-75-64(54-20-7-16-50-17-8-21-56(72)61(50)54)63(74)65(55)77-69(79-67)91-47-70-28-12-34-86(70)35-13-29-70)37-26-52-25-31-71(30-14-36-87(52)71)48-92-68-76-58-46-84(59-23-10-19-51-18-9-22-57(73)62(51)59)38-27-53(58)66(78-68)82(5)43-49-44-85(45-49)60(88)24-11-32-80(2)3/h7-11,15-24,40,42,49,52H,6,12-14,25-39,41,43-48H2,1-5H3/b24-11+,40-15+. The summed E-state index contributed by atoms with van der Waals surface area (Å²) in [5, 5.41) is 6.56. The molecule has 93 heavy (non-hydrogen) atoms. The number of anilines is 3. The van der Waals surface area contributed by atoms with Crippen LogP contribution in [0.5, 0.6) is 12.0 Å². The third-order valence-corrected chi connectivity index (χ3v) is 22.6. The summed E-state index contributed by atoms with van der Waals surface area (Å²) in [6, 6.07) is 24.3. The van der Waals surface area contributed by atoms with Gasteiger partial charge < -0.3 is 34.0 Å². The molecule has 0 saturated carbocycles. The van der Waals surface area contributed by atoms with E-state index < -0.39 is 15.7 Å². The van der Waals surface area contributed by atoms with E-state index in [1.165, 1.54) is 5.41 Å². The number of ether oxygens (including phenoxy) is 2. The highest BCUT2D eigenvalue weighted by Crippen LogP contribution is 2.45. The van der Waals surface area contributed by atoms with Gasteiger partial charge in [0.05, 0.1) is 39.5 Å². The van der Waals surface area contributed by atoms with Crippen molar-refractivity contribution in [2.24, 2.45) is 5.92 Å². The second-order valence-electron chi connectivity index (χ2n) is 26.9. The van der Waals surface area contributed by atoms with Crippen molar-refractivity contribution in [3.8, 4) is 23.3 Å². The van der Waals surface area contributed by atoms with Crippen LogP contribution in [0, 0.1) is 11.7 Å². The Balaban J connectivity index is 0.654. The molecule has 6 aliphatic rings. The SMILES string of the molecule is CCN(C/C=C/S(=O)(=O)CCN(C)c1nc(OCC23CCCN2CCC3)nc2c(F)c(-c3cccc4cccc(Cl)c34)ncc12)CCC1CCC2(COc3nc4c(c(N(C)CC5CN(C(=O)/C=C/CN(C)C)C5)n3)CCN(c3cccc5cccc(Cl)c35)C4)CCCN12. The van der Waals surface area contributed by atoms with Crippen molar-refractivity contribution >= 4 is 88.7 Å². The topological polar surface area (TPSA) is 160 Å². The van der Waals surface area contributed by atoms with Gasteiger partial charge in [0, 0.05) is 122 Å². The van der Waals surface area contributed by atoms with E-state index in [0.29, 0.717) is 84.5 Å². The molecule has 13 rings (SSSR count). The third kappa shape index (κ3) is 13.6. The number of aromatic nitrogens is 5. The Labute approximate surface area is 556 Å². The Morgan fingerprint density at radius 3 is 2.19 bits per heavy atom. The molecule has 6 aliphatic heterocycles. The summed E-state index contributed by atoms with van der Waals surface area (Å²) < 4.78 is 58.2. The first-order valence-corrected chi connectivity index (χ1v) is 35.7. The van der Waals surface area contributed by atoms with E-state index in [1.807, 2.05) is 66.4 Å². The molecule has 2 unspecified atom stereocenters. The summed E-state index contributed by atoms with van der Waals surface area (Å²) in [5.41, 5.74) is 3.60. The van der Waals surface area contributed by atoms with E-state index in [2.05, 4.69) is 67.7 Å². The first kappa shape index (κ1) is 64.9. The maximum Gasteiger partial charge on any atom is 0.319 e. The number of carbonyl (C=O) groups excluding carboxylic acids is 1. The summed E-state index contributed by atoms with van der Waals surface area (Å²) in [5.74, 6) is 0.758. The fourth-order valence-corrected chi connectivity index (χ4v) is 17.2. The quantitative estimate of drug-likeness (QED) is 0.0497. The van der Waals surface area contributed by atoms with Gasteiger partial charge in [-0.25, -0.2) is 12.8 Å². The molecule has 18 nitrogen and oxygen atoms in total. The zero-order valence-electron chi connectivity index (χ0n) is 54.3. The lowest BCUT2D eigenvalue weighted by atomic mass is 9.95. The van der Waals surface area contributed by atoms with Crippen molar-refractivity contribution in [3.05, 3.63) is 130 Å². The van der Waals surface area contributed by atoms with Crippen LogP contribution in [0.2, 0.25) is 10.0 Å². The van der Waals surface area contributed by atoms with Gasteiger partial charge in [-0.3, -0.25) is 24.5 Å². The van der Waals surface area contributed by atoms with Gasteiger partial charge in [0.25, 0.3) is 0 Å². The summed E-state index contributed by atoms with van der Waals surface area (Å²) in [4.78, 5) is 55.3. The number of likely N-dealkylation sites (N-methyl/N-ethyl adjacent to an activating group) is 2. The highest BCUT2D eigenvalue weighted by molar-refractivity contribution is 7.94. The predicted octanol–water partition coefficient (Wildman–Crippen LogP) is 11.0. The van der Waals surface area contributed by atoms with E-state index >= 15 is 4.39 Å². The normalized spacial score (nSPS) is 20.1. The Morgan fingerprint density at radius 2 is 1.44 bits per heavy atom. The summed E-state index contributed by atoms with van der Waals surface area (Å²) >= 11 is 13.6. The lowest BCUT2D eigenvalue weighted by Crippen LogP contribution is -2.53. The van der Waals surface area contributed by atoms with Gasteiger partial charge in [-0.2, -0.15) is 19.9 Å². The van der Waals surface area contributed by atoms with Crippen LogP contribution in [0.3, 0.4) is 0 Å². The zero-order valence-corrected chi connectivity index (χ0v) is 56.6. The van der Waals surface area contributed by atoms with Crippen LogP contribution >= 0.6 is 23.2 Å². The summed E-state index contributed by atoms with van der Waals surface area (Å²) in [6.07, 6.45) is 17.0. The number of benzene rings is 4. The van der Waals surface area contributed by atoms with Crippen molar-refractivity contribution in [2.45, 2.75) is 94.8 Å². The first-order valence-electron chi connectivity index (χ1n) is 33.2. The molecule has 0 bridgehead atoms. The molecule has 0 N–H and O–H groups in total. The van der Waals surface area contributed by atoms with Gasteiger partial charge in [-0.15, -0.1) is 0 Å². The van der Waals surface area contributed by atoms with Gasteiger partial charge >= 0.3 is 12.0 Å². The largest absolute Gasteiger partial charge is 0.461 e. The van der Waals surface area contributed by atoms with Gasteiger partial charge in [-0.05, 0) is 140 Å². The molecule has 0 radical (unpaired) electrons. The second-order valence-corrected chi connectivity index (χ2v) is 29.7. The highest BCUT2D eigenvalue weighted by atomic mass is 35.5. The number of rotatable bonds is 25. The predicted molar refractivity (Wildman–Crippen MR) is 370 cm³/mol. The second kappa shape index (κ2) is 27.5. The molecule has 4 aromatic carbocycles. The maximum atomic E-state index is 17.1. The number of nitrogens with zero attached hydrogens (tertiary/aromatic N) is 13. The monoisotopic (exact) mass is 1320 g/mol. The van der Waals surface area contributed by atoms with E-state index in [0.717, 1.165) is 161 Å². The van der Waals surface area contributed by atoms with Crippen molar-refractivity contribution in [1.29, 1.82) is 0 Å². The molecule has 22 heteroatoms. The molecular weight excluding hydrogens is 1240 g/mol. The average Bonchev–Trinajstić information content (AvgIpc) is 1.78. The average molecular weight is 1320 g/mol. The van der Waals surface area contributed by atoms with E-state index in [1.54, 1.807) is 42.4 Å². The van der Waals surface area contributed by atoms with Crippen LogP contribution in [-0.4, -0.2) is 207 Å². The fourth-order valence-electron chi connectivity index (χ4n) is 15.6. The lowest BCUT2D eigenvalue weighted by molar-refractivity contribution is -0.131. The van der Waals surface area contributed by atoms with Crippen molar-refractivity contribution < 1.29 is 27.1 Å². The summed E-state index contributed by atoms with van der Waals surface area (Å²) in [7, 11) is 4.17. The molecule has 1 amide bonds. The number of sulfone groups is 1. The minimum absolute atomic E-state index is 0.0372. The van der Waals surface area contributed by atoms with Crippen LogP contribution in [0.15, 0.2) is 103 Å². The van der Waals surface area contributed by atoms with E-state index in [-0.39, 0.29) is 46.5 Å². The Kier molecular flexibility index (Phi) is 19.2. The number of hydrogen-bond donors (Lipinski definition) is 0. The number of halogens is 3. The fraction of sp³-hybridized carbons (Fsp3) is 0.493. The van der Waals surface area contributed by atoms with Crippen LogP contribution < -0.4 is 24.2 Å². The van der Waals surface area contributed by atoms with Gasteiger partial charge in [0.2, 0.25) is 5.91 Å². The molecule has 9 heterocycles. The van der Waals surface area contributed by atoms with Gasteiger partial charge in [0.1, 0.15) is 36.1 Å². The van der Waals surface area contributed by atoms with Crippen LogP contribution in [0.1, 0.15) is 76.0 Å². The Bertz CT molecular complexity index is 4080. The van der Waals surface area contributed by atoms with Crippen LogP contribution in [0.25, 0.3) is 43.7 Å². The first-order chi connectivity index (χ1) is 45.0. The van der Waals surface area contributed by atoms with Gasteiger partial charge in [-0.1, -0.05) is 96.9 Å². The van der Waals surface area contributed by atoms with Crippen LogP contribution in [-0.2, 0) is 27.6 Å². The Hall–Kier alpha value is -6.78. The smallest absolute Gasteiger partial charge is 0.319 e. The van der Waals surface area contributed by atoms with Crippen molar-refractivity contribution in [1.82, 2.24) is 49.4 Å². The minimum Gasteiger partial charge on any atom is -0.461 e. The van der Waals surface area contributed by atoms with Crippen molar-refractivity contribution in [2.75, 3.05) is 140 Å². The van der Waals surface area contributed by atoms with Crippen molar-refractivity contribution in [3.63, 3.8) is 0 Å². The number of pyridine rings is 1. The Morgan fingerprint density at radius 1 is 0.763 bits per heavy atom. The highest BCUT2D eigenvalue weighted by Gasteiger charge is 2.50. The molecule has 2 atom stereocenters. The van der Waals surface area contributed by atoms with Crippen LogP contribution in [0.4, 0.5) is 21.7 Å². The van der Waals surface area contributed by atoms with Gasteiger partial charge in [0.15, 0.2) is 15.7 Å². The zero-order chi connectivity index (χ0) is 64.6. The number of hydrogen-bond acceptors (Lipinski definition) is 17. The number of likely N-dealkylation sites (tertiary alicyclic amines) is 1. The minimum atomic E-state index is -3.68. The molecule has 5 fully saturated rings. The van der Waals surface area contributed by atoms with E-state index in [9.17, 15) is 13.2 Å². The number of amides is 1.